The van der Waals surface area contributed by atoms with Crippen molar-refractivity contribution in [1.82, 2.24) is 0 Å². The van der Waals surface area contributed by atoms with E-state index in [1.54, 1.807) is 18.3 Å². The Kier molecular flexibility index (Phi) is 5.38. The van der Waals surface area contributed by atoms with Gasteiger partial charge in [0.2, 0.25) is 0 Å². The molecular weight excluding hydrogens is 263 g/mol. The third kappa shape index (κ3) is 4.63. The lowest BCUT2D eigenvalue weighted by atomic mass is 10.1. The van der Waals surface area contributed by atoms with E-state index >= 15 is 0 Å². The van der Waals surface area contributed by atoms with Gasteiger partial charge < -0.3 is 0 Å². The summed E-state index contributed by atoms with van der Waals surface area (Å²) in [6.07, 6.45) is 4.99. The highest BCUT2D eigenvalue weighted by Gasteiger charge is 2.00. The summed E-state index contributed by atoms with van der Waals surface area (Å²) >= 11 is 0. The van der Waals surface area contributed by atoms with Crippen molar-refractivity contribution in [3.63, 3.8) is 0 Å². The normalized spacial score (nSPS) is 11.6. The van der Waals surface area contributed by atoms with Crippen molar-refractivity contribution < 1.29 is 4.39 Å². The fourth-order valence-corrected chi connectivity index (χ4v) is 1.97. The van der Waals surface area contributed by atoms with Crippen LogP contribution in [0.2, 0.25) is 0 Å². The Hall–Kier alpha value is -2.29. The standard InChI is InChI=1S/C18H19FN2/c1-3-4-15-9-10-17(18(19)11-15)13-21-20-12-16-7-5-14(2)6-8-16/h5-13H,3-4H2,1-2H3. The molecule has 108 valence electrons. The second-order valence-electron chi connectivity index (χ2n) is 5.01. The number of halogens is 1. The maximum absolute atomic E-state index is 13.8. The summed E-state index contributed by atoms with van der Waals surface area (Å²) in [5, 5.41) is 7.84. The lowest BCUT2D eigenvalue weighted by Crippen LogP contribution is -1.91. The van der Waals surface area contributed by atoms with E-state index in [0.29, 0.717) is 5.56 Å². The number of nitrogens with zero attached hydrogens (tertiary/aromatic N) is 2. The quantitative estimate of drug-likeness (QED) is 0.568. The van der Waals surface area contributed by atoms with Crippen LogP contribution in [0.15, 0.2) is 52.7 Å². The first-order valence-corrected chi connectivity index (χ1v) is 7.10. The highest BCUT2D eigenvalue weighted by atomic mass is 19.1. The summed E-state index contributed by atoms with van der Waals surface area (Å²) in [5.74, 6) is -0.254. The Bertz CT molecular complexity index is 643. The van der Waals surface area contributed by atoms with Gasteiger partial charge in [0, 0.05) is 5.56 Å². The number of hydrogen-bond donors (Lipinski definition) is 0. The minimum atomic E-state index is -0.254. The molecule has 2 nitrogen and oxygen atoms in total. The molecule has 2 rings (SSSR count). The van der Waals surface area contributed by atoms with Crippen LogP contribution in [0.5, 0.6) is 0 Å². The van der Waals surface area contributed by atoms with Crippen LogP contribution >= 0.6 is 0 Å². The second-order valence-corrected chi connectivity index (χ2v) is 5.01. The zero-order chi connectivity index (χ0) is 15.1. The summed E-state index contributed by atoms with van der Waals surface area (Å²) in [6, 6.07) is 13.2. The lowest BCUT2D eigenvalue weighted by Gasteiger charge is -2.00. The lowest BCUT2D eigenvalue weighted by molar-refractivity contribution is 0.623. The minimum absolute atomic E-state index is 0.254. The van der Waals surface area contributed by atoms with Crippen LogP contribution in [-0.2, 0) is 6.42 Å². The first kappa shape index (κ1) is 15.1. The van der Waals surface area contributed by atoms with Crippen molar-refractivity contribution in [2.45, 2.75) is 26.7 Å². The van der Waals surface area contributed by atoms with Gasteiger partial charge in [-0.05, 0) is 30.5 Å². The van der Waals surface area contributed by atoms with E-state index < -0.39 is 0 Å². The number of hydrogen-bond acceptors (Lipinski definition) is 2. The smallest absolute Gasteiger partial charge is 0.132 e. The molecule has 0 spiro atoms. The summed E-state index contributed by atoms with van der Waals surface area (Å²) < 4.78 is 13.8. The van der Waals surface area contributed by atoms with E-state index in [9.17, 15) is 4.39 Å². The number of aryl methyl sites for hydroxylation is 2. The van der Waals surface area contributed by atoms with E-state index in [1.165, 1.54) is 11.8 Å². The van der Waals surface area contributed by atoms with Gasteiger partial charge in [-0.15, -0.1) is 0 Å². The monoisotopic (exact) mass is 282 g/mol. The molecule has 0 N–H and O–H groups in total. The van der Waals surface area contributed by atoms with Gasteiger partial charge in [-0.1, -0.05) is 55.3 Å². The molecule has 0 aliphatic rings. The third-order valence-electron chi connectivity index (χ3n) is 3.15. The first-order valence-electron chi connectivity index (χ1n) is 7.10. The highest BCUT2D eigenvalue weighted by Crippen LogP contribution is 2.10. The maximum atomic E-state index is 13.8. The zero-order valence-corrected chi connectivity index (χ0v) is 12.4. The van der Waals surface area contributed by atoms with Crippen LogP contribution in [0.1, 0.15) is 35.6 Å². The molecule has 0 aromatic heterocycles. The summed E-state index contributed by atoms with van der Waals surface area (Å²) in [4.78, 5) is 0. The van der Waals surface area contributed by atoms with Crippen LogP contribution in [-0.4, -0.2) is 12.4 Å². The molecule has 0 fully saturated rings. The van der Waals surface area contributed by atoms with E-state index in [0.717, 1.165) is 24.0 Å². The Labute approximate surface area is 125 Å². The molecule has 0 atom stereocenters. The molecule has 3 heteroatoms. The second kappa shape index (κ2) is 7.48. The summed E-state index contributed by atoms with van der Waals surface area (Å²) in [6.45, 7) is 4.11. The number of benzene rings is 2. The van der Waals surface area contributed by atoms with Crippen molar-refractivity contribution in [3.05, 3.63) is 70.5 Å². The van der Waals surface area contributed by atoms with Gasteiger partial charge in [0.25, 0.3) is 0 Å². The SMILES string of the molecule is CCCc1ccc(C=NN=Cc2ccc(C)cc2)c(F)c1. The van der Waals surface area contributed by atoms with Gasteiger partial charge >= 0.3 is 0 Å². The average Bonchev–Trinajstić information content (AvgIpc) is 2.47. The van der Waals surface area contributed by atoms with Crippen LogP contribution < -0.4 is 0 Å². The molecule has 0 saturated carbocycles. The summed E-state index contributed by atoms with van der Waals surface area (Å²) in [5.41, 5.74) is 3.63. The molecule has 2 aromatic rings. The third-order valence-corrected chi connectivity index (χ3v) is 3.15. The van der Waals surface area contributed by atoms with Gasteiger partial charge in [-0.2, -0.15) is 10.2 Å². The topological polar surface area (TPSA) is 24.7 Å². The fourth-order valence-electron chi connectivity index (χ4n) is 1.97. The van der Waals surface area contributed by atoms with Gasteiger partial charge in [0.05, 0.1) is 12.4 Å². The van der Waals surface area contributed by atoms with Crippen LogP contribution in [0.4, 0.5) is 4.39 Å². The Balaban J connectivity index is 2.02. The zero-order valence-electron chi connectivity index (χ0n) is 12.4. The minimum Gasteiger partial charge on any atom is -0.206 e. The van der Waals surface area contributed by atoms with Crippen LogP contribution in [0, 0.1) is 12.7 Å². The van der Waals surface area contributed by atoms with Gasteiger partial charge in [-0.3, -0.25) is 0 Å². The van der Waals surface area contributed by atoms with Crippen LogP contribution in [0.3, 0.4) is 0 Å². The Morgan fingerprint density at radius 1 is 1.00 bits per heavy atom. The van der Waals surface area contributed by atoms with Crippen molar-refractivity contribution in [3.8, 4) is 0 Å². The molecule has 21 heavy (non-hydrogen) atoms. The largest absolute Gasteiger partial charge is 0.206 e. The molecule has 0 aliphatic heterocycles. The Morgan fingerprint density at radius 2 is 1.71 bits per heavy atom. The van der Waals surface area contributed by atoms with E-state index in [2.05, 4.69) is 17.1 Å². The molecule has 0 bridgehead atoms. The van der Waals surface area contributed by atoms with Gasteiger partial charge in [0.15, 0.2) is 0 Å². The van der Waals surface area contributed by atoms with Crippen molar-refractivity contribution >= 4 is 12.4 Å². The van der Waals surface area contributed by atoms with E-state index in [4.69, 9.17) is 0 Å². The predicted molar refractivity (Wildman–Crippen MR) is 86.8 cm³/mol. The van der Waals surface area contributed by atoms with E-state index in [1.807, 2.05) is 37.3 Å². The molecule has 0 radical (unpaired) electrons. The van der Waals surface area contributed by atoms with Crippen molar-refractivity contribution in [2.75, 3.05) is 0 Å². The van der Waals surface area contributed by atoms with E-state index in [-0.39, 0.29) is 5.82 Å². The van der Waals surface area contributed by atoms with Crippen molar-refractivity contribution in [1.29, 1.82) is 0 Å². The van der Waals surface area contributed by atoms with Gasteiger partial charge in [-0.25, -0.2) is 4.39 Å². The molecular formula is C18H19FN2. The highest BCUT2D eigenvalue weighted by molar-refractivity contribution is 5.82. The number of rotatable bonds is 5. The predicted octanol–water partition coefficient (Wildman–Crippen LogP) is 4.54. The molecule has 0 aliphatic carbocycles. The molecule has 0 amide bonds. The Morgan fingerprint density at radius 3 is 2.38 bits per heavy atom. The molecule has 0 saturated heterocycles. The molecule has 2 aromatic carbocycles. The first-order chi connectivity index (χ1) is 10.2. The van der Waals surface area contributed by atoms with Gasteiger partial charge in [0.1, 0.15) is 5.82 Å². The fraction of sp³-hybridized carbons (Fsp3) is 0.222. The summed E-state index contributed by atoms with van der Waals surface area (Å²) in [7, 11) is 0. The molecule has 0 unspecified atom stereocenters. The maximum Gasteiger partial charge on any atom is 0.132 e. The van der Waals surface area contributed by atoms with Crippen LogP contribution in [0.25, 0.3) is 0 Å². The molecule has 0 heterocycles. The van der Waals surface area contributed by atoms with Crippen molar-refractivity contribution in [2.24, 2.45) is 10.2 Å². The average molecular weight is 282 g/mol.